The summed E-state index contributed by atoms with van der Waals surface area (Å²) in [4.78, 5) is 11.5. The lowest BCUT2D eigenvalue weighted by atomic mass is 9.46. The van der Waals surface area contributed by atoms with Crippen LogP contribution in [0.4, 0.5) is 0 Å². The van der Waals surface area contributed by atoms with E-state index < -0.39 is 0 Å². The average molecular weight is 370 g/mol. The molecular weight excluding hydrogens is 340 g/mol. The van der Waals surface area contributed by atoms with E-state index in [9.17, 15) is 0 Å². The molecule has 2 saturated heterocycles. The first-order chi connectivity index (χ1) is 13.3. The van der Waals surface area contributed by atoms with Crippen LogP contribution in [0.2, 0.25) is 0 Å². The summed E-state index contributed by atoms with van der Waals surface area (Å²) in [5, 5.41) is 3.87. The summed E-state index contributed by atoms with van der Waals surface area (Å²) in [7, 11) is 0. The number of aliphatic imine (C=N–C) groups is 1. The van der Waals surface area contributed by atoms with E-state index in [1.165, 1.54) is 25.7 Å². The van der Waals surface area contributed by atoms with Crippen LogP contribution in [-0.2, 0) is 4.74 Å². The highest BCUT2D eigenvalue weighted by atomic mass is 16.5. The summed E-state index contributed by atoms with van der Waals surface area (Å²) in [6.45, 7) is 5.69. The fourth-order valence-corrected chi connectivity index (χ4v) is 5.59. The number of ether oxygens (including phenoxy) is 2. The fraction of sp³-hybridized carbons (Fsp3) is 0.714. The number of fused-ring (bicyclic) bond motifs is 2. The van der Waals surface area contributed by atoms with Crippen molar-refractivity contribution in [3.63, 3.8) is 0 Å². The lowest BCUT2D eigenvalue weighted by Crippen LogP contribution is -2.72. The molecule has 1 N–H and O–H groups in total. The lowest BCUT2D eigenvalue weighted by molar-refractivity contribution is -0.171. The monoisotopic (exact) mass is 370 g/mol. The molecule has 3 heterocycles. The predicted octanol–water partition coefficient (Wildman–Crippen LogP) is 2.46. The Hall–Kier alpha value is -1.82. The Morgan fingerprint density at radius 3 is 3.07 bits per heavy atom. The van der Waals surface area contributed by atoms with Crippen molar-refractivity contribution >= 4 is 5.96 Å². The minimum atomic E-state index is 0.172. The first-order valence-corrected chi connectivity index (χ1v) is 10.6. The normalized spacial score (nSPS) is 34.1. The van der Waals surface area contributed by atoms with Crippen molar-refractivity contribution in [3.05, 3.63) is 24.4 Å². The summed E-state index contributed by atoms with van der Waals surface area (Å²) in [6.07, 6.45) is 8.58. The molecule has 146 valence electrons. The molecule has 4 atom stereocenters. The number of hydrogen-bond donors (Lipinski definition) is 1. The third kappa shape index (κ3) is 2.89. The molecule has 4 fully saturated rings. The Labute approximate surface area is 161 Å². The first kappa shape index (κ1) is 17.3. The Morgan fingerprint density at radius 2 is 2.33 bits per heavy atom. The molecule has 2 aliphatic heterocycles. The molecule has 4 unspecified atom stereocenters. The molecule has 5 rings (SSSR count). The van der Waals surface area contributed by atoms with Gasteiger partial charge in [-0.15, -0.1) is 0 Å². The molecule has 0 aromatic carbocycles. The van der Waals surface area contributed by atoms with Gasteiger partial charge in [-0.3, -0.25) is 4.99 Å². The number of likely N-dealkylation sites (tertiary alicyclic amines) is 1. The molecule has 6 heteroatoms. The maximum atomic E-state index is 6.07. The van der Waals surface area contributed by atoms with E-state index in [-0.39, 0.29) is 6.10 Å². The number of rotatable bonds is 4. The van der Waals surface area contributed by atoms with Crippen LogP contribution in [0.5, 0.6) is 5.88 Å². The van der Waals surface area contributed by atoms with E-state index in [1.807, 2.05) is 18.2 Å². The van der Waals surface area contributed by atoms with E-state index in [2.05, 4.69) is 22.1 Å². The van der Waals surface area contributed by atoms with Crippen molar-refractivity contribution in [2.75, 3.05) is 26.2 Å². The number of guanidine groups is 1. The molecule has 2 aliphatic carbocycles. The second-order valence-corrected chi connectivity index (χ2v) is 8.39. The largest absolute Gasteiger partial charge is 0.472 e. The summed E-state index contributed by atoms with van der Waals surface area (Å²) >= 11 is 0. The smallest absolute Gasteiger partial charge is 0.213 e. The van der Waals surface area contributed by atoms with E-state index in [4.69, 9.17) is 14.5 Å². The Morgan fingerprint density at radius 1 is 1.41 bits per heavy atom. The lowest BCUT2D eigenvalue weighted by Gasteiger charge is -2.63. The van der Waals surface area contributed by atoms with Crippen LogP contribution in [-0.4, -0.2) is 60.3 Å². The van der Waals surface area contributed by atoms with Crippen LogP contribution in [0.1, 0.15) is 39.0 Å². The van der Waals surface area contributed by atoms with Crippen molar-refractivity contribution in [1.82, 2.24) is 15.2 Å². The molecule has 2 saturated carbocycles. The van der Waals surface area contributed by atoms with Gasteiger partial charge in [0.2, 0.25) is 5.88 Å². The van der Waals surface area contributed by atoms with Crippen molar-refractivity contribution in [1.29, 1.82) is 0 Å². The van der Waals surface area contributed by atoms with Gasteiger partial charge in [-0.05, 0) is 32.3 Å². The second-order valence-electron chi connectivity index (χ2n) is 8.39. The predicted molar refractivity (Wildman–Crippen MR) is 104 cm³/mol. The van der Waals surface area contributed by atoms with Gasteiger partial charge in [0.1, 0.15) is 6.10 Å². The second kappa shape index (κ2) is 6.97. The zero-order valence-electron chi connectivity index (χ0n) is 16.1. The Balaban J connectivity index is 1.25. The number of pyridine rings is 1. The van der Waals surface area contributed by atoms with E-state index in [0.29, 0.717) is 29.4 Å². The SMILES string of the molecule is CCN=C(NC1C2CCOC2C12CCC2)N1CCC(Oc2ccccn2)C1. The Kier molecular flexibility index (Phi) is 4.46. The Bertz CT molecular complexity index is 691. The van der Waals surface area contributed by atoms with Gasteiger partial charge in [0.15, 0.2) is 5.96 Å². The van der Waals surface area contributed by atoms with Crippen molar-refractivity contribution in [3.8, 4) is 5.88 Å². The zero-order chi connectivity index (χ0) is 18.3. The first-order valence-electron chi connectivity index (χ1n) is 10.6. The van der Waals surface area contributed by atoms with Gasteiger partial charge in [-0.25, -0.2) is 4.98 Å². The van der Waals surface area contributed by atoms with Gasteiger partial charge in [-0.2, -0.15) is 0 Å². The van der Waals surface area contributed by atoms with Crippen LogP contribution in [0.3, 0.4) is 0 Å². The van der Waals surface area contributed by atoms with Gasteiger partial charge >= 0.3 is 0 Å². The van der Waals surface area contributed by atoms with Gasteiger partial charge < -0.3 is 19.7 Å². The fourth-order valence-electron chi connectivity index (χ4n) is 5.59. The van der Waals surface area contributed by atoms with Gasteiger partial charge in [0.05, 0.1) is 12.6 Å². The van der Waals surface area contributed by atoms with Gasteiger partial charge in [0, 0.05) is 55.8 Å². The topological polar surface area (TPSA) is 59.0 Å². The van der Waals surface area contributed by atoms with Gasteiger partial charge in [0.25, 0.3) is 0 Å². The molecule has 4 aliphatic rings. The zero-order valence-corrected chi connectivity index (χ0v) is 16.1. The maximum absolute atomic E-state index is 6.07. The van der Waals surface area contributed by atoms with Crippen molar-refractivity contribution in [2.24, 2.45) is 16.3 Å². The van der Waals surface area contributed by atoms with Crippen LogP contribution in [0.25, 0.3) is 0 Å². The van der Waals surface area contributed by atoms with Crippen molar-refractivity contribution in [2.45, 2.75) is 57.3 Å². The van der Waals surface area contributed by atoms with Crippen LogP contribution in [0, 0.1) is 11.3 Å². The summed E-state index contributed by atoms with van der Waals surface area (Å²) in [5.41, 5.74) is 0.374. The van der Waals surface area contributed by atoms with E-state index in [0.717, 1.165) is 38.6 Å². The molecule has 1 spiro atoms. The third-order valence-corrected chi connectivity index (χ3v) is 7.00. The molecular formula is C21H30N4O2. The minimum Gasteiger partial charge on any atom is -0.472 e. The molecule has 0 bridgehead atoms. The summed E-state index contributed by atoms with van der Waals surface area (Å²) in [6, 6.07) is 6.34. The number of hydrogen-bond acceptors (Lipinski definition) is 4. The highest BCUT2D eigenvalue weighted by molar-refractivity contribution is 5.81. The summed E-state index contributed by atoms with van der Waals surface area (Å²) < 4.78 is 12.1. The van der Waals surface area contributed by atoms with Gasteiger partial charge in [-0.1, -0.05) is 12.5 Å². The van der Waals surface area contributed by atoms with Crippen molar-refractivity contribution < 1.29 is 9.47 Å². The minimum absolute atomic E-state index is 0.172. The maximum Gasteiger partial charge on any atom is 0.213 e. The highest BCUT2D eigenvalue weighted by Gasteiger charge is 2.66. The molecule has 1 aromatic rings. The molecule has 1 aromatic heterocycles. The number of nitrogens with one attached hydrogen (secondary N) is 1. The number of aromatic nitrogens is 1. The standard InChI is InChI=1S/C21H30N4O2/c1-2-22-20(24-18-16-8-13-26-19(16)21(18)9-5-10-21)25-12-7-15(14-25)27-17-6-3-4-11-23-17/h3-4,6,11,15-16,18-19H,2,5,7-10,12-14H2,1H3,(H,22,24). The summed E-state index contributed by atoms with van der Waals surface area (Å²) in [5.74, 6) is 2.44. The van der Waals surface area contributed by atoms with Crippen LogP contribution in [0.15, 0.2) is 29.4 Å². The molecule has 27 heavy (non-hydrogen) atoms. The van der Waals surface area contributed by atoms with E-state index in [1.54, 1.807) is 6.20 Å². The number of nitrogens with zero attached hydrogens (tertiary/aromatic N) is 3. The average Bonchev–Trinajstić information content (AvgIpc) is 3.26. The molecule has 0 radical (unpaired) electrons. The van der Waals surface area contributed by atoms with Crippen LogP contribution < -0.4 is 10.1 Å². The highest BCUT2D eigenvalue weighted by Crippen LogP contribution is 2.62. The third-order valence-electron chi connectivity index (χ3n) is 7.00. The van der Waals surface area contributed by atoms with E-state index >= 15 is 0 Å². The van der Waals surface area contributed by atoms with Crippen LogP contribution >= 0.6 is 0 Å². The quantitative estimate of drug-likeness (QED) is 0.652. The molecule has 6 nitrogen and oxygen atoms in total. The molecule has 0 amide bonds.